The Balaban J connectivity index is 0.00000160. The van der Waals surface area contributed by atoms with Crippen LogP contribution in [-0.4, -0.2) is 51.5 Å². The van der Waals surface area contributed by atoms with E-state index in [0.29, 0.717) is 49.0 Å². The van der Waals surface area contributed by atoms with Crippen molar-refractivity contribution in [2.24, 2.45) is 0 Å². The molecular formula is C19H26N6O2S. The maximum atomic E-state index is 12.2. The number of H-pyrrole nitrogens is 1. The molecule has 0 bridgehead atoms. The van der Waals surface area contributed by atoms with Crippen LogP contribution >= 0.6 is 0 Å². The first-order chi connectivity index (χ1) is 13.5. The number of nitrogens with one attached hydrogen (secondary N) is 1. The minimum atomic E-state index is -3.19. The molecule has 1 aliphatic rings. The van der Waals surface area contributed by atoms with Crippen molar-refractivity contribution in [1.29, 1.82) is 0 Å². The summed E-state index contributed by atoms with van der Waals surface area (Å²) in [5.41, 5.74) is 9.93. The van der Waals surface area contributed by atoms with Crippen molar-refractivity contribution in [2.45, 2.75) is 19.8 Å². The molecule has 0 amide bonds. The van der Waals surface area contributed by atoms with Gasteiger partial charge in [-0.25, -0.2) is 23.4 Å². The van der Waals surface area contributed by atoms with Gasteiger partial charge in [0.1, 0.15) is 5.69 Å². The third kappa shape index (κ3) is 3.50. The van der Waals surface area contributed by atoms with Crippen LogP contribution in [0.2, 0.25) is 0 Å². The Kier molecular flexibility index (Phi) is 4.86. The second kappa shape index (κ2) is 7.33. The molecular weight excluding hydrogens is 376 g/mol. The van der Waals surface area contributed by atoms with E-state index in [1.165, 1.54) is 4.31 Å². The lowest BCUT2D eigenvalue weighted by Crippen LogP contribution is -2.36. The lowest BCUT2D eigenvalue weighted by molar-refractivity contribution is 0.440. The van der Waals surface area contributed by atoms with E-state index in [1.807, 2.05) is 37.3 Å². The van der Waals surface area contributed by atoms with E-state index in [1.54, 1.807) is 6.20 Å². The molecule has 8 nitrogen and oxygen atoms in total. The molecule has 28 heavy (non-hydrogen) atoms. The number of rotatable bonds is 5. The lowest BCUT2D eigenvalue weighted by atomic mass is 10.1. The number of nitrogen functional groups attached to an aromatic ring is 1. The number of aromatic nitrogens is 4. The van der Waals surface area contributed by atoms with Crippen LogP contribution in [0.4, 0.5) is 5.82 Å². The van der Waals surface area contributed by atoms with Crippen LogP contribution in [0.15, 0.2) is 36.5 Å². The Bertz CT molecular complexity index is 1130. The molecule has 3 N–H and O–H groups in total. The number of hydrogen-bond acceptors (Lipinski definition) is 6. The maximum absolute atomic E-state index is 12.2. The molecule has 4 rings (SSSR count). The van der Waals surface area contributed by atoms with Gasteiger partial charge in [0.2, 0.25) is 10.0 Å². The minimum Gasteiger partial charge on any atom is -0.382 e. The summed E-state index contributed by atoms with van der Waals surface area (Å²) in [5.74, 6) is 1.04. The first kappa shape index (κ1) is 18.6. The molecule has 0 saturated carbocycles. The minimum absolute atomic E-state index is 0. The van der Waals surface area contributed by atoms with E-state index in [0.717, 1.165) is 16.6 Å². The van der Waals surface area contributed by atoms with Gasteiger partial charge in [0.15, 0.2) is 11.6 Å². The zero-order chi connectivity index (χ0) is 19.7. The van der Waals surface area contributed by atoms with Gasteiger partial charge in [-0.15, -0.1) is 0 Å². The van der Waals surface area contributed by atoms with Crippen molar-refractivity contribution in [3.8, 4) is 11.5 Å². The quantitative estimate of drug-likeness (QED) is 0.677. The first-order valence-electron chi connectivity index (χ1n) is 9.23. The van der Waals surface area contributed by atoms with Crippen LogP contribution < -0.4 is 5.73 Å². The van der Waals surface area contributed by atoms with Crippen molar-refractivity contribution in [3.05, 3.63) is 42.2 Å². The van der Waals surface area contributed by atoms with Gasteiger partial charge in [0.25, 0.3) is 0 Å². The van der Waals surface area contributed by atoms with Gasteiger partial charge in [0, 0.05) is 15.9 Å². The number of anilines is 1. The normalized spacial score (nSPS) is 15.7. The number of benzene rings is 1. The fourth-order valence-electron chi connectivity index (χ4n) is 3.32. The van der Waals surface area contributed by atoms with Gasteiger partial charge < -0.3 is 10.7 Å². The highest BCUT2D eigenvalue weighted by molar-refractivity contribution is 7.89. The number of sulfonamides is 1. The number of fused-ring (bicyclic) bond motifs is 1. The topological polar surface area (TPSA) is 118 Å². The largest absolute Gasteiger partial charge is 0.382 e. The second-order valence-corrected chi connectivity index (χ2v) is 8.83. The van der Waals surface area contributed by atoms with Gasteiger partial charge in [-0.3, -0.25) is 0 Å². The maximum Gasteiger partial charge on any atom is 0.214 e. The van der Waals surface area contributed by atoms with Gasteiger partial charge in [-0.1, -0.05) is 25.1 Å². The second-order valence-electron chi connectivity index (χ2n) is 6.75. The van der Waals surface area contributed by atoms with Crippen LogP contribution in [0.25, 0.3) is 28.1 Å². The molecule has 2 aromatic heterocycles. The van der Waals surface area contributed by atoms with E-state index >= 15 is 0 Å². The van der Waals surface area contributed by atoms with Crippen LogP contribution in [0.5, 0.6) is 0 Å². The van der Waals surface area contributed by atoms with Crippen LogP contribution in [0.3, 0.4) is 0 Å². The summed E-state index contributed by atoms with van der Waals surface area (Å²) in [6.07, 6.45) is 4.73. The summed E-state index contributed by atoms with van der Waals surface area (Å²) in [5, 5.41) is 0. The average Bonchev–Trinajstić information content (AvgIpc) is 3.12. The van der Waals surface area contributed by atoms with E-state index in [9.17, 15) is 8.42 Å². The summed E-state index contributed by atoms with van der Waals surface area (Å²) in [6.45, 7) is 2.66. The van der Waals surface area contributed by atoms with Crippen molar-refractivity contribution in [1.82, 2.24) is 24.2 Å². The predicted molar refractivity (Wildman–Crippen MR) is 114 cm³/mol. The molecule has 0 fully saturated rings. The van der Waals surface area contributed by atoms with Gasteiger partial charge >= 0.3 is 0 Å². The lowest BCUT2D eigenvalue weighted by Gasteiger charge is -2.25. The number of nitrogens with zero attached hydrogens (tertiary/aromatic N) is 4. The Labute approximate surface area is 166 Å². The number of imidazole rings is 1. The molecule has 0 spiro atoms. The Hall–Kier alpha value is -2.78. The molecule has 0 atom stereocenters. The van der Waals surface area contributed by atoms with Crippen molar-refractivity contribution < 1.29 is 11.3 Å². The Morgan fingerprint density at radius 1 is 1.29 bits per heavy atom. The number of nitrogens with two attached hydrogens (primary N) is 1. The molecule has 0 radical (unpaired) electrons. The summed E-state index contributed by atoms with van der Waals surface area (Å²) in [4.78, 5) is 16.7. The SMILES string of the molecule is CCCS(=O)(=O)N1CC=C(c2cnc(N)c(-c3nc4ccccc4[nH]3)n2)CC1.[HH].[HH]. The predicted octanol–water partition coefficient (Wildman–Crippen LogP) is 2.92. The summed E-state index contributed by atoms with van der Waals surface area (Å²) >= 11 is 0. The zero-order valence-corrected chi connectivity index (χ0v) is 16.4. The first-order valence-corrected chi connectivity index (χ1v) is 10.8. The third-order valence-corrected chi connectivity index (χ3v) is 6.81. The molecule has 3 heterocycles. The fraction of sp³-hybridized carbons (Fsp3) is 0.316. The van der Waals surface area contributed by atoms with Crippen LogP contribution in [0, 0.1) is 0 Å². The van der Waals surface area contributed by atoms with Gasteiger partial charge in [-0.2, -0.15) is 4.31 Å². The average molecular weight is 403 g/mol. The molecule has 0 unspecified atom stereocenters. The number of para-hydroxylation sites is 2. The van der Waals surface area contributed by atoms with E-state index in [4.69, 9.17) is 5.73 Å². The molecule has 150 valence electrons. The zero-order valence-electron chi connectivity index (χ0n) is 15.6. The van der Waals surface area contributed by atoms with Crippen molar-refractivity contribution in [2.75, 3.05) is 24.6 Å². The summed E-state index contributed by atoms with van der Waals surface area (Å²) < 4.78 is 26.0. The summed E-state index contributed by atoms with van der Waals surface area (Å²) in [6, 6.07) is 7.70. The van der Waals surface area contributed by atoms with E-state index in [-0.39, 0.29) is 8.61 Å². The molecule has 9 heteroatoms. The number of hydrogen-bond donors (Lipinski definition) is 2. The van der Waals surface area contributed by atoms with Gasteiger partial charge in [0.05, 0.1) is 28.7 Å². The molecule has 3 aromatic rings. The third-order valence-electron chi connectivity index (χ3n) is 4.77. The molecule has 1 aromatic carbocycles. The highest BCUT2D eigenvalue weighted by atomic mass is 32.2. The van der Waals surface area contributed by atoms with Gasteiger partial charge in [-0.05, 0) is 30.5 Å². The highest BCUT2D eigenvalue weighted by Gasteiger charge is 2.24. The Morgan fingerprint density at radius 3 is 2.82 bits per heavy atom. The van der Waals surface area contributed by atoms with E-state index in [2.05, 4.69) is 19.9 Å². The van der Waals surface area contributed by atoms with Crippen LogP contribution in [0.1, 0.15) is 28.3 Å². The highest BCUT2D eigenvalue weighted by Crippen LogP contribution is 2.27. The monoisotopic (exact) mass is 402 g/mol. The smallest absolute Gasteiger partial charge is 0.214 e. The summed E-state index contributed by atoms with van der Waals surface area (Å²) in [7, 11) is -3.19. The molecule has 1 aliphatic heterocycles. The number of aromatic amines is 1. The molecule has 0 aliphatic carbocycles. The molecule has 0 saturated heterocycles. The Morgan fingerprint density at radius 2 is 2.11 bits per heavy atom. The van der Waals surface area contributed by atoms with E-state index < -0.39 is 10.0 Å². The fourth-order valence-corrected chi connectivity index (χ4v) is 4.76. The van der Waals surface area contributed by atoms with Crippen LogP contribution in [-0.2, 0) is 10.0 Å². The van der Waals surface area contributed by atoms with Crippen molar-refractivity contribution in [3.63, 3.8) is 0 Å². The van der Waals surface area contributed by atoms with Crippen molar-refractivity contribution >= 4 is 32.4 Å². The standard InChI is InChI=1S/C19H22N6O2S.2H2/c1-2-11-28(26,27)25-9-7-13(8-10-25)16-12-21-18(20)17(22-16)19-23-14-5-3-4-6-15(14)24-19;;/h3-7,12H,2,8-11H2,1H3,(H2,20,21)(H,23,24);2*1H.